The van der Waals surface area contributed by atoms with Gasteiger partial charge in [0.25, 0.3) is 0 Å². The summed E-state index contributed by atoms with van der Waals surface area (Å²) in [6.07, 6.45) is 1.38. The van der Waals surface area contributed by atoms with Crippen LogP contribution < -0.4 is 10.6 Å². The summed E-state index contributed by atoms with van der Waals surface area (Å²) >= 11 is 3.81. The molecule has 1 heterocycles. The van der Waals surface area contributed by atoms with E-state index in [4.69, 9.17) is 0 Å². The SMILES string of the molecule is O=C(CS)NCC1CCC(=O)N1. The molecule has 1 unspecified atom stereocenters. The van der Waals surface area contributed by atoms with E-state index in [1.54, 1.807) is 0 Å². The predicted molar refractivity (Wildman–Crippen MR) is 48.0 cm³/mol. The Labute approximate surface area is 76.5 Å². The van der Waals surface area contributed by atoms with Gasteiger partial charge in [-0.1, -0.05) is 0 Å². The molecule has 0 saturated carbocycles. The first-order valence-corrected chi connectivity index (χ1v) is 4.52. The topological polar surface area (TPSA) is 58.2 Å². The standard InChI is InChI=1S/C7H12N2O2S/c10-6-2-1-5(9-6)3-8-7(11)4-12/h5,12H,1-4H2,(H,8,11)(H,9,10). The van der Waals surface area contributed by atoms with Crippen molar-refractivity contribution >= 4 is 24.4 Å². The lowest BCUT2D eigenvalue weighted by Gasteiger charge is -2.09. The first-order chi connectivity index (χ1) is 5.72. The molecule has 0 aliphatic carbocycles. The Balaban J connectivity index is 2.16. The second-order valence-corrected chi connectivity index (χ2v) is 3.08. The van der Waals surface area contributed by atoms with Crippen LogP contribution in [0.15, 0.2) is 0 Å². The fourth-order valence-electron chi connectivity index (χ4n) is 1.12. The average Bonchev–Trinajstić information content (AvgIpc) is 2.47. The van der Waals surface area contributed by atoms with Gasteiger partial charge in [0.1, 0.15) is 0 Å². The van der Waals surface area contributed by atoms with Gasteiger partial charge in [0.15, 0.2) is 0 Å². The van der Waals surface area contributed by atoms with E-state index in [0.717, 1.165) is 6.42 Å². The monoisotopic (exact) mass is 188 g/mol. The smallest absolute Gasteiger partial charge is 0.229 e. The van der Waals surface area contributed by atoms with E-state index in [1.165, 1.54) is 0 Å². The molecule has 0 spiro atoms. The van der Waals surface area contributed by atoms with Crippen LogP contribution in [0.25, 0.3) is 0 Å². The van der Waals surface area contributed by atoms with Gasteiger partial charge in [-0.3, -0.25) is 9.59 Å². The summed E-state index contributed by atoms with van der Waals surface area (Å²) in [5.41, 5.74) is 0. The molecule has 0 aromatic rings. The molecule has 0 aromatic heterocycles. The molecule has 2 N–H and O–H groups in total. The fourth-order valence-corrected chi connectivity index (χ4v) is 1.24. The largest absolute Gasteiger partial charge is 0.353 e. The maximum atomic E-state index is 10.7. The third-order valence-corrected chi connectivity index (χ3v) is 2.06. The molecule has 1 saturated heterocycles. The summed E-state index contributed by atoms with van der Waals surface area (Å²) in [4.78, 5) is 21.5. The van der Waals surface area contributed by atoms with Crippen LogP contribution in [-0.4, -0.2) is 30.2 Å². The summed E-state index contributed by atoms with van der Waals surface area (Å²) in [5, 5.41) is 5.42. The summed E-state index contributed by atoms with van der Waals surface area (Å²) in [5.74, 6) is 0.167. The molecular weight excluding hydrogens is 176 g/mol. The highest BCUT2D eigenvalue weighted by Gasteiger charge is 2.20. The van der Waals surface area contributed by atoms with Crippen LogP contribution in [0.2, 0.25) is 0 Å². The summed E-state index contributed by atoms with van der Waals surface area (Å²) in [6, 6.07) is 0.112. The lowest BCUT2D eigenvalue weighted by Crippen LogP contribution is -2.38. The van der Waals surface area contributed by atoms with Crippen LogP contribution in [0, 0.1) is 0 Å². The Kier molecular flexibility index (Phi) is 3.40. The van der Waals surface area contributed by atoms with Gasteiger partial charge in [0, 0.05) is 19.0 Å². The van der Waals surface area contributed by atoms with Crippen molar-refractivity contribution in [1.82, 2.24) is 10.6 Å². The highest BCUT2D eigenvalue weighted by atomic mass is 32.1. The van der Waals surface area contributed by atoms with Crippen molar-refractivity contribution < 1.29 is 9.59 Å². The van der Waals surface area contributed by atoms with Crippen LogP contribution in [-0.2, 0) is 9.59 Å². The molecule has 12 heavy (non-hydrogen) atoms. The molecule has 68 valence electrons. The Morgan fingerprint density at radius 1 is 1.75 bits per heavy atom. The van der Waals surface area contributed by atoms with E-state index in [0.29, 0.717) is 13.0 Å². The quantitative estimate of drug-likeness (QED) is 0.513. The zero-order chi connectivity index (χ0) is 8.97. The Morgan fingerprint density at radius 3 is 3.00 bits per heavy atom. The van der Waals surface area contributed by atoms with Crippen LogP contribution in [0.1, 0.15) is 12.8 Å². The van der Waals surface area contributed by atoms with Gasteiger partial charge in [0.2, 0.25) is 11.8 Å². The Hall–Kier alpha value is -0.710. The van der Waals surface area contributed by atoms with Crippen molar-refractivity contribution in [3.05, 3.63) is 0 Å². The third kappa shape index (κ3) is 2.73. The van der Waals surface area contributed by atoms with E-state index in [2.05, 4.69) is 23.3 Å². The number of amides is 2. The normalized spacial score (nSPS) is 22.1. The number of hydrogen-bond acceptors (Lipinski definition) is 3. The molecule has 4 nitrogen and oxygen atoms in total. The van der Waals surface area contributed by atoms with Crippen LogP contribution in [0.4, 0.5) is 0 Å². The number of carbonyl (C=O) groups is 2. The molecule has 1 fully saturated rings. The zero-order valence-corrected chi connectivity index (χ0v) is 7.56. The zero-order valence-electron chi connectivity index (χ0n) is 6.67. The van der Waals surface area contributed by atoms with E-state index < -0.39 is 0 Å². The molecule has 1 aliphatic heterocycles. The molecule has 0 aromatic carbocycles. The van der Waals surface area contributed by atoms with Gasteiger partial charge in [-0.15, -0.1) is 0 Å². The molecular formula is C7H12N2O2S. The van der Waals surface area contributed by atoms with E-state index in [-0.39, 0.29) is 23.6 Å². The number of thiol groups is 1. The highest BCUT2D eigenvalue weighted by molar-refractivity contribution is 7.81. The minimum atomic E-state index is -0.0977. The first-order valence-electron chi connectivity index (χ1n) is 3.89. The van der Waals surface area contributed by atoms with Crippen molar-refractivity contribution in [2.24, 2.45) is 0 Å². The number of rotatable bonds is 3. The van der Waals surface area contributed by atoms with Crippen molar-refractivity contribution in [1.29, 1.82) is 0 Å². The summed E-state index contributed by atoms with van der Waals surface area (Å²) in [6.45, 7) is 0.519. The Morgan fingerprint density at radius 2 is 2.50 bits per heavy atom. The molecule has 1 aliphatic rings. The van der Waals surface area contributed by atoms with Gasteiger partial charge in [-0.05, 0) is 6.42 Å². The summed E-state index contributed by atoms with van der Waals surface area (Å²) < 4.78 is 0. The Bertz CT molecular complexity index is 196. The number of carbonyl (C=O) groups excluding carboxylic acids is 2. The number of nitrogens with one attached hydrogen (secondary N) is 2. The molecule has 1 rings (SSSR count). The van der Waals surface area contributed by atoms with Gasteiger partial charge in [-0.2, -0.15) is 12.6 Å². The summed E-state index contributed by atoms with van der Waals surface area (Å²) in [7, 11) is 0. The van der Waals surface area contributed by atoms with Gasteiger partial charge >= 0.3 is 0 Å². The molecule has 1 atom stereocenters. The van der Waals surface area contributed by atoms with E-state index >= 15 is 0 Å². The average molecular weight is 188 g/mol. The van der Waals surface area contributed by atoms with Crippen LogP contribution in [0.5, 0.6) is 0 Å². The van der Waals surface area contributed by atoms with E-state index in [1.807, 2.05) is 0 Å². The first kappa shape index (κ1) is 9.38. The van der Waals surface area contributed by atoms with Crippen molar-refractivity contribution in [2.45, 2.75) is 18.9 Å². The fraction of sp³-hybridized carbons (Fsp3) is 0.714. The predicted octanol–water partition coefficient (Wildman–Crippen LogP) is -0.689. The molecule has 2 amide bonds. The third-order valence-electron chi connectivity index (χ3n) is 1.77. The van der Waals surface area contributed by atoms with Gasteiger partial charge < -0.3 is 10.6 Å². The maximum absolute atomic E-state index is 10.7. The van der Waals surface area contributed by atoms with Crippen molar-refractivity contribution in [3.63, 3.8) is 0 Å². The van der Waals surface area contributed by atoms with Crippen LogP contribution in [0.3, 0.4) is 0 Å². The number of hydrogen-bond donors (Lipinski definition) is 3. The minimum Gasteiger partial charge on any atom is -0.353 e. The second-order valence-electron chi connectivity index (χ2n) is 2.77. The van der Waals surface area contributed by atoms with Crippen LogP contribution >= 0.6 is 12.6 Å². The van der Waals surface area contributed by atoms with E-state index in [9.17, 15) is 9.59 Å². The molecule has 5 heteroatoms. The maximum Gasteiger partial charge on any atom is 0.229 e. The van der Waals surface area contributed by atoms with Crippen molar-refractivity contribution in [3.8, 4) is 0 Å². The van der Waals surface area contributed by atoms with Gasteiger partial charge in [-0.25, -0.2) is 0 Å². The lowest BCUT2D eigenvalue weighted by molar-refractivity contribution is -0.120. The minimum absolute atomic E-state index is 0.0696. The van der Waals surface area contributed by atoms with Crippen molar-refractivity contribution in [2.75, 3.05) is 12.3 Å². The molecule has 0 bridgehead atoms. The van der Waals surface area contributed by atoms with Gasteiger partial charge in [0.05, 0.1) is 5.75 Å². The lowest BCUT2D eigenvalue weighted by atomic mass is 10.2. The molecule has 0 radical (unpaired) electrons. The second kappa shape index (κ2) is 4.35. The highest BCUT2D eigenvalue weighted by Crippen LogP contribution is 2.04.